The Morgan fingerprint density at radius 2 is 2.25 bits per heavy atom. The third-order valence-corrected chi connectivity index (χ3v) is 1.92. The number of nitrogens with zero attached hydrogens (tertiary/aromatic N) is 2. The van der Waals surface area contributed by atoms with E-state index in [-0.39, 0.29) is 5.28 Å². The molecule has 0 aromatic carbocycles. The molecule has 0 aliphatic rings. The van der Waals surface area contributed by atoms with Gasteiger partial charge in [0.05, 0.1) is 5.39 Å². The van der Waals surface area contributed by atoms with E-state index in [1.165, 1.54) is 0 Å². The van der Waals surface area contributed by atoms with Gasteiger partial charge in [0.25, 0.3) is 0 Å². The summed E-state index contributed by atoms with van der Waals surface area (Å²) >= 11 is 8.71. The van der Waals surface area contributed by atoms with E-state index >= 15 is 0 Å². The van der Waals surface area contributed by atoms with Crippen LogP contribution in [0.15, 0.2) is 15.2 Å². The van der Waals surface area contributed by atoms with E-state index in [0.29, 0.717) is 21.6 Å². The van der Waals surface area contributed by atoms with Crippen molar-refractivity contribution in [3.8, 4) is 0 Å². The number of hydrogen-bond acceptors (Lipinski definition) is 4. The van der Waals surface area contributed by atoms with Crippen LogP contribution in [0.5, 0.6) is 0 Å². The van der Waals surface area contributed by atoms with E-state index in [1.54, 1.807) is 6.07 Å². The molecule has 6 heteroatoms. The summed E-state index contributed by atoms with van der Waals surface area (Å²) in [7, 11) is 0. The minimum atomic E-state index is 0.0850. The van der Waals surface area contributed by atoms with Crippen molar-refractivity contribution in [2.24, 2.45) is 0 Å². The van der Waals surface area contributed by atoms with Crippen molar-refractivity contribution in [1.82, 2.24) is 9.97 Å². The van der Waals surface area contributed by atoms with E-state index < -0.39 is 0 Å². The zero-order chi connectivity index (χ0) is 8.72. The molecule has 0 atom stereocenters. The number of aromatic nitrogens is 2. The first-order valence-electron chi connectivity index (χ1n) is 3.05. The molecule has 0 amide bonds. The van der Waals surface area contributed by atoms with Crippen molar-refractivity contribution in [3.63, 3.8) is 0 Å². The zero-order valence-electron chi connectivity index (χ0n) is 5.71. The van der Waals surface area contributed by atoms with Crippen LogP contribution in [0, 0.1) is 0 Å². The first-order valence-corrected chi connectivity index (χ1v) is 4.22. The number of halogens is 2. The molecule has 4 nitrogen and oxygen atoms in total. The predicted octanol–water partition coefficient (Wildman–Crippen LogP) is 2.22. The average molecular weight is 248 g/mol. The summed E-state index contributed by atoms with van der Waals surface area (Å²) in [6, 6.07) is 1.70. The molecule has 62 valence electrons. The van der Waals surface area contributed by atoms with Crippen LogP contribution < -0.4 is 5.73 Å². The van der Waals surface area contributed by atoms with Crippen LogP contribution in [0.2, 0.25) is 5.28 Å². The molecule has 12 heavy (non-hydrogen) atoms. The lowest BCUT2D eigenvalue weighted by Crippen LogP contribution is -1.92. The van der Waals surface area contributed by atoms with Crippen LogP contribution in [-0.2, 0) is 0 Å². The fourth-order valence-electron chi connectivity index (χ4n) is 0.887. The normalized spacial score (nSPS) is 10.8. The highest BCUT2D eigenvalue weighted by Crippen LogP contribution is 2.26. The maximum absolute atomic E-state index is 5.56. The first kappa shape index (κ1) is 7.82. The summed E-state index contributed by atoms with van der Waals surface area (Å²) in [6.45, 7) is 0. The number of hydrogen-bond donors (Lipinski definition) is 1. The van der Waals surface area contributed by atoms with E-state index in [2.05, 4.69) is 25.9 Å². The topological polar surface area (TPSA) is 64.9 Å². The third-order valence-electron chi connectivity index (χ3n) is 1.36. The minimum absolute atomic E-state index is 0.0850. The second-order valence-electron chi connectivity index (χ2n) is 2.15. The molecule has 0 fully saturated rings. The molecule has 0 saturated carbocycles. The molecular weight excluding hydrogens is 245 g/mol. The van der Waals surface area contributed by atoms with Crippen molar-refractivity contribution in [3.05, 3.63) is 16.0 Å². The number of anilines is 1. The Bertz CT molecular complexity index is 442. The molecule has 0 spiro atoms. The number of nitrogens with two attached hydrogens (primary N) is 1. The van der Waals surface area contributed by atoms with Crippen molar-refractivity contribution >= 4 is 44.4 Å². The van der Waals surface area contributed by atoms with Gasteiger partial charge in [-0.15, -0.1) is 0 Å². The SMILES string of the molecule is Nc1nc(Cl)nc2oc(Br)cc12. The molecule has 0 saturated heterocycles. The highest BCUT2D eigenvalue weighted by atomic mass is 79.9. The van der Waals surface area contributed by atoms with Gasteiger partial charge in [-0.3, -0.25) is 0 Å². The van der Waals surface area contributed by atoms with Crippen LogP contribution in [0.25, 0.3) is 11.1 Å². The van der Waals surface area contributed by atoms with Gasteiger partial charge in [-0.05, 0) is 27.5 Å². The maximum Gasteiger partial charge on any atom is 0.234 e. The number of fused-ring (bicyclic) bond motifs is 1. The molecular formula is C6H3BrClN3O. The lowest BCUT2D eigenvalue weighted by atomic mass is 10.4. The molecule has 0 aliphatic heterocycles. The third kappa shape index (κ3) is 1.15. The van der Waals surface area contributed by atoms with Crippen LogP contribution in [0.3, 0.4) is 0 Å². The molecule has 2 aromatic heterocycles. The van der Waals surface area contributed by atoms with Crippen molar-refractivity contribution in [2.45, 2.75) is 0 Å². The van der Waals surface area contributed by atoms with E-state index in [9.17, 15) is 0 Å². The van der Waals surface area contributed by atoms with E-state index in [1.807, 2.05) is 0 Å². The van der Waals surface area contributed by atoms with E-state index in [4.69, 9.17) is 21.8 Å². The molecule has 0 bridgehead atoms. The van der Waals surface area contributed by atoms with Crippen molar-refractivity contribution in [1.29, 1.82) is 0 Å². The second-order valence-corrected chi connectivity index (χ2v) is 3.27. The van der Waals surface area contributed by atoms with Crippen LogP contribution >= 0.6 is 27.5 Å². The molecule has 2 aromatic rings. The molecule has 2 heterocycles. The number of nitrogen functional groups attached to an aromatic ring is 1. The highest BCUT2D eigenvalue weighted by molar-refractivity contribution is 9.10. The smallest absolute Gasteiger partial charge is 0.234 e. The Hall–Kier alpha value is -0.810. The summed E-state index contributed by atoms with van der Waals surface area (Å²) in [5, 5.41) is 0.744. The summed E-state index contributed by atoms with van der Waals surface area (Å²) < 4.78 is 5.69. The molecule has 0 unspecified atom stereocenters. The largest absolute Gasteiger partial charge is 0.431 e. The Balaban J connectivity index is 2.88. The quantitative estimate of drug-likeness (QED) is 0.726. The van der Waals surface area contributed by atoms with Gasteiger partial charge < -0.3 is 10.2 Å². The highest BCUT2D eigenvalue weighted by Gasteiger charge is 2.08. The van der Waals surface area contributed by atoms with Gasteiger partial charge in [0.1, 0.15) is 5.82 Å². The minimum Gasteiger partial charge on any atom is -0.431 e. The van der Waals surface area contributed by atoms with Gasteiger partial charge in [0.2, 0.25) is 11.0 Å². The average Bonchev–Trinajstić information content (AvgIpc) is 2.29. The van der Waals surface area contributed by atoms with Gasteiger partial charge in [-0.25, -0.2) is 4.98 Å². The standard InChI is InChI=1S/C6H3BrClN3O/c7-3-1-2-4(9)10-6(8)11-5(2)12-3/h1H,(H2,9,10,11). The Kier molecular flexibility index (Phi) is 1.69. The second kappa shape index (κ2) is 2.60. The number of furan rings is 1. The molecule has 2 rings (SSSR count). The van der Waals surface area contributed by atoms with Crippen LogP contribution in [0.1, 0.15) is 0 Å². The summed E-state index contributed by atoms with van der Waals surface area (Å²) in [4.78, 5) is 7.60. The van der Waals surface area contributed by atoms with Gasteiger partial charge >= 0.3 is 0 Å². The Morgan fingerprint density at radius 1 is 1.50 bits per heavy atom. The summed E-state index contributed by atoms with van der Waals surface area (Å²) in [6.07, 6.45) is 0. The van der Waals surface area contributed by atoms with Crippen LogP contribution in [0.4, 0.5) is 5.82 Å². The Labute approximate surface area is 80.9 Å². The van der Waals surface area contributed by atoms with Gasteiger partial charge in [0.15, 0.2) is 4.67 Å². The fraction of sp³-hybridized carbons (Fsp3) is 0. The summed E-state index contributed by atoms with van der Waals surface area (Å²) in [5.41, 5.74) is 5.94. The molecule has 2 N–H and O–H groups in total. The first-order chi connectivity index (χ1) is 5.66. The fourth-order valence-corrected chi connectivity index (χ4v) is 1.44. The van der Waals surface area contributed by atoms with E-state index in [0.717, 1.165) is 0 Å². The van der Waals surface area contributed by atoms with Crippen LogP contribution in [-0.4, -0.2) is 9.97 Å². The summed E-state index contributed by atoms with van der Waals surface area (Å²) in [5.74, 6) is 0.319. The monoisotopic (exact) mass is 247 g/mol. The maximum atomic E-state index is 5.56. The van der Waals surface area contributed by atoms with Crippen molar-refractivity contribution < 1.29 is 4.42 Å². The van der Waals surface area contributed by atoms with Crippen molar-refractivity contribution in [2.75, 3.05) is 5.73 Å². The van der Waals surface area contributed by atoms with Gasteiger partial charge in [0, 0.05) is 6.07 Å². The lowest BCUT2D eigenvalue weighted by molar-refractivity contribution is 0.575. The zero-order valence-corrected chi connectivity index (χ0v) is 8.06. The molecule has 0 radical (unpaired) electrons. The van der Waals surface area contributed by atoms with Gasteiger partial charge in [-0.1, -0.05) is 0 Å². The lowest BCUT2D eigenvalue weighted by Gasteiger charge is -1.92. The predicted molar refractivity (Wildman–Crippen MR) is 48.9 cm³/mol. The molecule has 0 aliphatic carbocycles. The number of rotatable bonds is 0. The Morgan fingerprint density at radius 3 is 3.00 bits per heavy atom. The van der Waals surface area contributed by atoms with Gasteiger partial charge in [-0.2, -0.15) is 4.98 Å².